The number of piperidine rings is 1. The Labute approximate surface area is 200 Å². The lowest BCUT2D eigenvalue weighted by Crippen LogP contribution is -2.35. The van der Waals surface area contributed by atoms with Crippen LogP contribution in [0, 0.1) is 24.7 Å². The van der Waals surface area contributed by atoms with Crippen LogP contribution in [0.15, 0.2) is 43.1 Å². The topological polar surface area (TPSA) is 79.3 Å². The number of carbonyl (C=O) groups is 1. The van der Waals surface area contributed by atoms with E-state index in [1.807, 2.05) is 6.92 Å². The molecule has 2 aliphatic rings. The second-order valence-electron chi connectivity index (χ2n) is 9.47. The molecule has 35 heavy (non-hydrogen) atoms. The maximum Gasteiger partial charge on any atom is 0.573 e. The van der Waals surface area contributed by atoms with Crippen molar-refractivity contribution in [3.8, 4) is 5.75 Å². The summed E-state index contributed by atoms with van der Waals surface area (Å²) >= 11 is 0. The van der Waals surface area contributed by atoms with Crippen molar-refractivity contribution in [3.63, 3.8) is 0 Å². The number of hydrogen-bond acceptors (Lipinski definition) is 5. The Kier molecular flexibility index (Phi) is 6.04. The van der Waals surface area contributed by atoms with Crippen LogP contribution in [0.5, 0.6) is 5.75 Å². The summed E-state index contributed by atoms with van der Waals surface area (Å²) in [5.41, 5.74) is 3.01. The zero-order chi connectivity index (χ0) is 24.7. The van der Waals surface area contributed by atoms with E-state index in [-0.39, 0.29) is 18.2 Å². The number of aromatic nitrogens is 4. The summed E-state index contributed by atoms with van der Waals surface area (Å²) in [4.78, 5) is 29.0. The van der Waals surface area contributed by atoms with Gasteiger partial charge in [0.2, 0.25) is 0 Å². The number of aromatic amines is 1. The van der Waals surface area contributed by atoms with E-state index >= 15 is 0 Å². The van der Waals surface area contributed by atoms with E-state index in [0.717, 1.165) is 31.0 Å². The van der Waals surface area contributed by atoms with Gasteiger partial charge in [0.25, 0.3) is 5.91 Å². The number of benzene rings is 1. The third kappa shape index (κ3) is 5.34. The van der Waals surface area contributed by atoms with E-state index in [1.165, 1.54) is 18.2 Å². The van der Waals surface area contributed by atoms with Crippen LogP contribution in [0.1, 0.15) is 27.4 Å². The number of halogens is 3. The van der Waals surface area contributed by atoms with E-state index in [4.69, 9.17) is 0 Å². The minimum Gasteiger partial charge on any atom is -0.406 e. The van der Waals surface area contributed by atoms with Gasteiger partial charge >= 0.3 is 6.36 Å². The zero-order valence-corrected chi connectivity index (χ0v) is 19.5. The van der Waals surface area contributed by atoms with Gasteiger partial charge in [-0.05, 0) is 42.4 Å². The molecule has 0 bridgehead atoms. The number of amides is 1. The first kappa shape index (κ1) is 23.4. The molecule has 2 atom stereocenters. The summed E-state index contributed by atoms with van der Waals surface area (Å²) in [7, 11) is 1.78. The Balaban J connectivity index is 1.26. The molecule has 0 radical (unpaired) electrons. The second kappa shape index (κ2) is 9.03. The van der Waals surface area contributed by atoms with Crippen molar-refractivity contribution in [2.75, 3.05) is 19.6 Å². The molecule has 2 unspecified atom stereocenters. The van der Waals surface area contributed by atoms with E-state index in [9.17, 15) is 18.0 Å². The molecule has 1 aliphatic carbocycles. The normalized spacial score (nSPS) is 21.7. The van der Waals surface area contributed by atoms with Gasteiger partial charge in [-0.1, -0.05) is 12.1 Å². The number of ether oxygens (including phenoxy) is 1. The van der Waals surface area contributed by atoms with Crippen LogP contribution in [0.25, 0.3) is 0 Å². The number of likely N-dealkylation sites (tertiary alicyclic amines) is 1. The molecule has 1 aliphatic heterocycles. The summed E-state index contributed by atoms with van der Waals surface area (Å²) in [5.74, 6) is 0.810. The van der Waals surface area contributed by atoms with Gasteiger partial charge in [-0.2, -0.15) is 0 Å². The first-order chi connectivity index (χ1) is 16.7. The molecule has 11 heteroatoms. The molecule has 3 aromatic rings. The highest BCUT2D eigenvalue weighted by Crippen LogP contribution is 2.52. The number of hydrogen-bond donors (Lipinski definition) is 1. The van der Waals surface area contributed by atoms with Crippen LogP contribution in [0.4, 0.5) is 13.2 Å². The predicted molar refractivity (Wildman–Crippen MR) is 120 cm³/mol. The Morgan fingerprint density at radius 1 is 1.26 bits per heavy atom. The number of alkyl halides is 3. The highest BCUT2D eigenvalue weighted by atomic mass is 19.4. The van der Waals surface area contributed by atoms with Crippen LogP contribution in [-0.2, 0) is 20.1 Å². The quantitative estimate of drug-likeness (QED) is 0.526. The van der Waals surface area contributed by atoms with Gasteiger partial charge in [0.1, 0.15) is 11.4 Å². The van der Waals surface area contributed by atoms with Crippen LogP contribution < -0.4 is 4.74 Å². The molecular formula is C24H27F3N6O2. The number of imidazole rings is 2. The minimum atomic E-state index is -4.77. The molecule has 2 aromatic heterocycles. The molecule has 1 N–H and O–H groups in total. The fourth-order valence-electron chi connectivity index (χ4n) is 5.12. The first-order valence-corrected chi connectivity index (χ1v) is 11.5. The number of nitrogens with one attached hydrogen (secondary N) is 1. The van der Waals surface area contributed by atoms with Gasteiger partial charge in [0.15, 0.2) is 0 Å². The van der Waals surface area contributed by atoms with Gasteiger partial charge in [-0.15, -0.1) is 13.2 Å². The third-order valence-corrected chi connectivity index (χ3v) is 6.90. The lowest BCUT2D eigenvalue weighted by Gasteiger charge is -2.25. The van der Waals surface area contributed by atoms with Crippen molar-refractivity contribution in [2.24, 2.45) is 24.8 Å². The molecule has 1 amide bonds. The summed E-state index contributed by atoms with van der Waals surface area (Å²) in [6.45, 7) is 5.42. The van der Waals surface area contributed by atoms with Gasteiger partial charge in [-0.25, -0.2) is 9.97 Å². The van der Waals surface area contributed by atoms with Crippen molar-refractivity contribution in [1.29, 1.82) is 0 Å². The smallest absolute Gasteiger partial charge is 0.406 e. The van der Waals surface area contributed by atoms with Crippen LogP contribution in [0.3, 0.4) is 0 Å². The number of rotatable bonds is 8. The van der Waals surface area contributed by atoms with Crippen molar-refractivity contribution in [3.05, 3.63) is 65.8 Å². The fraction of sp³-hybridized carbons (Fsp3) is 0.458. The maximum absolute atomic E-state index is 13.3. The highest BCUT2D eigenvalue weighted by molar-refractivity contribution is 5.92. The largest absolute Gasteiger partial charge is 0.573 e. The van der Waals surface area contributed by atoms with Gasteiger partial charge in [0.05, 0.1) is 18.3 Å². The lowest BCUT2D eigenvalue weighted by molar-refractivity contribution is -0.274. The number of nitrogens with zero attached hydrogens (tertiary/aromatic N) is 5. The fourth-order valence-corrected chi connectivity index (χ4v) is 5.12. The highest BCUT2D eigenvalue weighted by Gasteiger charge is 2.56. The minimum absolute atomic E-state index is 0.177. The molecule has 1 aromatic carbocycles. The average Bonchev–Trinajstić information content (AvgIpc) is 3.22. The molecule has 5 rings (SSSR count). The number of aryl methyl sites for hydroxylation is 2. The summed E-state index contributed by atoms with van der Waals surface area (Å²) in [6, 6.07) is 5.78. The predicted octanol–water partition coefficient (Wildman–Crippen LogP) is 3.37. The SMILES string of the molecule is Cc1[nH]cnc1CN1CC2C(C1)C2CN(Cc1cccc(OC(F)(F)F)c1)C(=O)c1cn(C)cn1. The third-order valence-electron chi connectivity index (χ3n) is 6.90. The summed E-state index contributed by atoms with van der Waals surface area (Å²) in [6.07, 6.45) is 0.151. The molecular weight excluding hydrogens is 461 g/mol. The van der Waals surface area contributed by atoms with Crippen LogP contribution >= 0.6 is 0 Å². The van der Waals surface area contributed by atoms with Gasteiger partial charge in [0, 0.05) is 51.7 Å². The maximum atomic E-state index is 13.3. The monoisotopic (exact) mass is 488 g/mol. The van der Waals surface area contributed by atoms with E-state index in [2.05, 4.69) is 24.6 Å². The number of fused-ring (bicyclic) bond motifs is 1. The Morgan fingerprint density at radius 2 is 2.03 bits per heavy atom. The number of H-pyrrole nitrogens is 1. The van der Waals surface area contributed by atoms with E-state index in [1.54, 1.807) is 41.4 Å². The molecule has 1 saturated heterocycles. The van der Waals surface area contributed by atoms with Crippen LogP contribution in [0.2, 0.25) is 0 Å². The summed E-state index contributed by atoms with van der Waals surface area (Å²) in [5, 5.41) is 0. The van der Waals surface area contributed by atoms with Crippen LogP contribution in [-0.4, -0.2) is 61.2 Å². The van der Waals surface area contributed by atoms with E-state index < -0.39 is 6.36 Å². The van der Waals surface area contributed by atoms with Gasteiger partial charge < -0.3 is 19.2 Å². The Morgan fingerprint density at radius 3 is 2.66 bits per heavy atom. The summed E-state index contributed by atoms with van der Waals surface area (Å²) < 4.78 is 43.8. The lowest BCUT2D eigenvalue weighted by atomic mass is 10.1. The molecule has 2 fully saturated rings. The van der Waals surface area contributed by atoms with Gasteiger partial charge in [-0.3, -0.25) is 9.69 Å². The average molecular weight is 489 g/mol. The number of carbonyl (C=O) groups excluding carboxylic acids is 1. The molecule has 186 valence electrons. The molecule has 3 heterocycles. The molecule has 1 saturated carbocycles. The van der Waals surface area contributed by atoms with E-state index in [0.29, 0.717) is 35.6 Å². The standard InChI is InChI=1S/C24H27F3N6O2/c1-15-21(29-13-28-15)12-32-8-18-19(9-32)20(18)10-33(23(34)22-11-31(2)14-30-22)7-16-4-3-5-17(6-16)35-24(25,26)27/h3-6,11,13-14,18-20H,7-10,12H2,1-2H3,(H,28,29). The molecule has 0 spiro atoms. The van der Waals surface area contributed by atoms with Crippen molar-refractivity contribution < 1.29 is 22.7 Å². The Hall–Kier alpha value is -3.34. The van der Waals surface area contributed by atoms with Crippen molar-refractivity contribution >= 4 is 5.91 Å². The molecule has 8 nitrogen and oxygen atoms in total. The second-order valence-corrected chi connectivity index (χ2v) is 9.47. The van der Waals surface area contributed by atoms with Crippen molar-refractivity contribution in [2.45, 2.75) is 26.4 Å². The van der Waals surface area contributed by atoms with Crippen molar-refractivity contribution in [1.82, 2.24) is 29.3 Å². The Bertz CT molecular complexity index is 1190. The first-order valence-electron chi connectivity index (χ1n) is 11.5. The zero-order valence-electron chi connectivity index (χ0n) is 19.5.